The van der Waals surface area contributed by atoms with Crippen molar-refractivity contribution in [2.45, 2.75) is 18.9 Å². The molecular formula is C24H20FN3O2. The molecule has 3 aromatic carbocycles. The van der Waals surface area contributed by atoms with Crippen molar-refractivity contribution in [2.75, 3.05) is 12.0 Å². The van der Waals surface area contributed by atoms with Crippen LogP contribution < -0.4 is 9.64 Å². The molecule has 0 spiro atoms. The zero-order chi connectivity index (χ0) is 20.7. The number of benzene rings is 3. The molecule has 4 aromatic rings. The maximum absolute atomic E-state index is 13.3. The first-order valence-electron chi connectivity index (χ1n) is 9.84. The lowest BCUT2D eigenvalue weighted by atomic mass is 10.0. The summed E-state index contributed by atoms with van der Waals surface area (Å²) >= 11 is 0. The highest BCUT2D eigenvalue weighted by atomic mass is 19.1. The fourth-order valence-electron chi connectivity index (χ4n) is 4.13. The molecule has 5 rings (SSSR count). The Labute approximate surface area is 173 Å². The molecule has 1 aliphatic rings. The number of nitrogens with zero attached hydrogens (tertiary/aromatic N) is 3. The lowest BCUT2D eigenvalue weighted by molar-refractivity contribution is -0.117. The van der Waals surface area contributed by atoms with Crippen molar-refractivity contribution in [3.8, 4) is 11.4 Å². The summed E-state index contributed by atoms with van der Waals surface area (Å²) in [6, 6.07) is 19.9. The molecule has 1 saturated heterocycles. The number of carbonyl (C=O) groups excluding carboxylic acids is 1. The highest BCUT2D eigenvalue weighted by Crippen LogP contribution is 2.39. The summed E-state index contributed by atoms with van der Waals surface area (Å²) in [5.41, 5.74) is 3.58. The van der Waals surface area contributed by atoms with E-state index in [-0.39, 0.29) is 17.8 Å². The van der Waals surface area contributed by atoms with Crippen molar-refractivity contribution in [1.29, 1.82) is 0 Å². The normalized spacial score (nSPS) is 16.4. The molecule has 5 nitrogen and oxygen atoms in total. The van der Waals surface area contributed by atoms with Gasteiger partial charge in [-0.2, -0.15) is 5.10 Å². The Balaban J connectivity index is 1.53. The van der Waals surface area contributed by atoms with Crippen LogP contribution in [0.4, 0.5) is 10.1 Å². The van der Waals surface area contributed by atoms with E-state index in [1.54, 1.807) is 30.1 Å². The highest BCUT2D eigenvalue weighted by molar-refractivity contribution is 5.98. The molecule has 150 valence electrons. The number of halogens is 1. The van der Waals surface area contributed by atoms with Gasteiger partial charge in [0.15, 0.2) is 0 Å². The van der Waals surface area contributed by atoms with Gasteiger partial charge < -0.3 is 9.64 Å². The van der Waals surface area contributed by atoms with Crippen molar-refractivity contribution in [2.24, 2.45) is 0 Å². The summed E-state index contributed by atoms with van der Waals surface area (Å²) in [6.07, 6.45) is 3.04. The highest BCUT2D eigenvalue weighted by Gasteiger charge is 2.33. The fourth-order valence-corrected chi connectivity index (χ4v) is 4.13. The number of carbonyl (C=O) groups is 1. The van der Waals surface area contributed by atoms with E-state index in [9.17, 15) is 9.18 Å². The number of aromatic nitrogens is 2. The van der Waals surface area contributed by atoms with Crippen molar-refractivity contribution < 1.29 is 13.9 Å². The van der Waals surface area contributed by atoms with Gasteiger partial charge in [-0.05, 0) is 66.6 Å². The van der Waals surface area contributed by atoms with Gasteiger partial charge >= 0.3 is 0 Å². The summed E-state index contributed by atoms with van der Waals surface area (Å²) in [7, 11) is 1.64. The Hall–Kier alpha value is -3.67. The van der Waals surface area contributed by atoms with Gasteiger partial charge in [0, 0.05) is 17.5 Å². The number of amides is 1. The van der Waals surface area contributed by atoms with Gasteiger partial charge in [-0.3, -0.25) is 4.79 Å². The minimum atomic E-state index is -0.284. The third-order valence-electron chi connectivity index (χ3n) is 5.59. The third-order valence-corrected chi connectivity index (χ3v) is 5.59. The standard InChI is InChI=1S/C24H20FN3O2/c1-30-21-4-2-3-16(14-21)22-11-12-24(29)27(22)20-9-10-23-17(13-20)15-26-28(23)19-7-5-18(25)6-8-19/h2-10,13-15,22H,11-12H2,1H3/t22-/m0/s1. The molecular weight excluding hydrogens is 381 g/mol. The first-order valence-corrected chi connectivity index (χ1v) is 9.84. The molecule has 0 unspecified atom stereocenters. The molecule has 1 fully saturated rings. The largest absolute Gasteiger partial charge is 0.497 e. The van der Waals surface area contributed by atoms with Crippen LogP contribution in [0.5, 0.6) is 5.75 Å². The SMILES string of the molecule is COc1cccc([C@@H]2CCC(=O)N2c2ccc3c(cnn3-c3ccc(F)cc3)c2)c1. The first-order chi connectivity index (χ1) is 14.6. The van der Waals surface area contributed by atoms with Crippen LogP contribution >= 0.6 is 0 Å². The summed E-state index contributed by atoms with van der Waals surface area (Å²) in [5, 5.41) is 5.37. The van der Waals surface area contributed by atoms with Crippen molar-refractivity contribution in [3.05, 3.63) is 84.3 Å². The van der Waals surface area contributed by atoms with E-state index in [4.69, 9.17) is 4.74 Å². The van der Waals surface area contributed by atoms with Crippen LogP contribution in [0.1, 0.15) is 24.4 Å². The van der Waals surface area contributed by atoms with Crippen molar-refractivity contribution in [3.63, 3.8) is 0 Å². The predicted molar refractivity (Wildman–Crippen MR) is 113 cm³/mol. The molecule has 0 bridgehead atoms. The maximum atomic E-state index is 13.3. The molecule has 1 amide bonds. The monoisotopic (exact) mass is 401 g/mol. The van der Waals surface area contributed by atoms with Gasteiger partial charge in [-0.1, -0.05) is 12.1 Å². The minimum Gasteiger partial charge on any atom is -0.497 e. The molecule has 6 heteroatoms. The van der Waals surface area contributed by atoms with Crippen molar-refractivity contribution >= 4 is 22.5 Å². The zero-order valence-corrected chi connectivity index (χ0v) is 16.5. The Morgan fingerprint density at radius 1 is 1.03 bits per heavy atom. The lowest BCUT2D eigenvalue weighted by Crippen LogP contribution is -2.27. The van der Waals surface area contributed by atoms with Gasteiger partial charge in [-0.15, -0.1) is 0 Å². The summed E-state index contributed by atoms with van der Waals surface area (Å²) in [6.45, 7) is 0. The fraction of sp³-hybridized carbons (Fsp3) is 0.167. The second-order valence-corrected chi connectivity index (χ2v) is 7.37. The van der Waals surface area contributed by atoms with Gasteiger partial charge in [0.2, 0.25) is 5.91 Å². The van der Waals surface area contributed by atoms with Crippen LogP contribution in [0, 0.1) is 5.82 Å². The van der Waals surface area contributed by atoms with Crippen LogP contribution in [0.2, 0.25) is 0 Å². The number of ether oxygens (including phenoxy) is 1. The summed E-state index contributed by atoms with van der Waals surface area (Å²) in [4.78, 5) is 14.6. The van der Waals surface area contributed by atoms with E-state index in [2.05, 4.69) is 5.10 Å². The Morgan fingerprint density at radius 2 is 1.83 bits per heavy atom. The topological polar surface area (TPSA) is 47.4 Å². The van der Waals surface area contributed by atoms with Crippen LogP contribution in [0.3, 0.4) is 0 Å². The van der Waals surface area contributed by atoms with Gasteiger partial charge in [0.05, 0.1) is 30.6 Å². The number of hydrogen-bond acceptors (Lipinski definition) is 3. The molecule has 0 N–H and O–H groups in total. The van der Waals surface area contributed by atoms with E-state index in [0.717, 1.165) is 40.0 Å². The minimum absolute atomic E-state index is 0.0304. The van der Waals surface area contributed by atoms with Crippen LogP contribution in [0.25, 0.3) is 16.6 Å². The van der Waals surface area contributed by atoms with Crippen LogP contribution in [0.15, 0.2) is 72.9 Å². The molecule has 2 heterocycles. The number of hydrogen-bond donors (Lipinski definition) is 0. The van der Waals surface area contributed by atoms with Gasteiger partial charge in [0.1, 0.15) is 11.6 Å². The summed E-state index contributed by atoms with van der Waals surface area (Å²) in [5.74, 6) is 0.601. The number of fused-ring (bicyclic) bond motifs is 1. The van der Waals surface area contributed by atoms with E-state index >= 15 is 0 Å². The second-order valence-electron chi connectivity index (χ2n) is 7.37. The number of anilines is 1. The van der Waals surface area contributed by atoms with E-state index < -0.39 is 0 Å². The molecule has 0 aliphatic carbocycles. The van der Waals surface area contributed by atoms with E-state index in [1.165, 1.54) is 12.1 Å². The van der Waals surface area contributed by atoms with Gasteiger partial charge in [-0.25, -0.2) is 9.07 Å². The molecule has 1 aromatic heterocycles. The number of methoxy groups -OCH3 is 1. The molecule has 30 heavy (non-hydrogen) atoms. The number of rotatable bonds is 4. The third kappa shape index (κ3) is 3.10. The van der Waals surface area contributed by atoms with Gasteiger partial charge in [0.25, 0.3) is 0 Å². The van der Waals surface area contributed by atoms with Crippen LogP contribution in [-0.4, -0.2) is 22.8 Å². The Morgan fingerprint density at radius 3 is 2.63 bits per heavy atom. The second kappa shape index (κ2) is 7.30. The average molecular weight is 401 g/mol. The molecule has 1 atom stereocenters. The van der Waals surface area contributed by atoms with E-state index in [1.807, 2.05) is 47.4 Å². The summed E-state index contributed by atoms with van der Waals surface area (Å²) < 4.78 is 20.4. The molecule has 0 saturated carbocycles. The predicted octanol–water partition coefficient (Wildman–Crippen LogP) is 5.04. The zero-order valence-electron chi connectivity index (χ0n) is 16.5. The average Bonchev–Trinajstić information content (AvgIpc) is 3.37. The first kappa shape index (κ1) is 18.4. The maximum Gasteiger partial charge on any atom is 0.227 e. The Bertz CT molecular complexity index is 1230. The van der Waals surface area contributed by atoms with Crippen LogP contribution in [-0.2, 0) is 4.79 Å². The quantitative estimate of drug-likeness (QED) is 0.481. The smallest absolute Gasteiger partial charge is 0.227 e. The molecule has 0 radical (unpaired) electrons. The molecule has 1 aliphatic heterocycles. The lowest BCUT2D eigenvalue weighted by Gasteiger charge is -2.25. The Kier molecular flexibility index (Phi) is 4.47. The van der Waals surface area contributed by atoms with E-state index in [0.29, 0.717) is 6.42 Å². The van der Waals surface area contributed by atoms with Crippen molar-refractivity contribution in [1.82, 2.24) is 9.78 Å².